The van der Waals surface area contributed by atoms with Gasteiger partial charge in [0.1, 0.15) is 17.5 Å². The molecule has 10 heteroatoms. The number of nitrogens with zero attached hydrogens (tertiary/aromatic N) is 3. The molecule has 0 atom stereocenters. The fourth-order valence-electron chi connectivity index (χ4n) is 3.11. The Kier molecular flexibility index (Phi) is 6.66. The first-order chi connectivity index (χ1) is 15.8. The van der Waals surface area contributed by atoms with Gasteiger partial charge in [-0.25, -0.2) is 4.39 Å². The van der Waals surface area contributed by atoms with E-state index < -0.39 is 5.91 Å². The molecule has 2 heterocycles. The van der Waals surface area contributed by atoms with Gasteiger partial charge >= 0.3 is 0 Å². The lowest BCUT2D eigenvalue weighted by atomic mass is 10.1. The van der Waals surface area contributed by atoms with Crippen molar-refractivity contribution in [3.8, 4) is 11.5 Å². The summed E-state index contributed by atoms with van der Waals surface area (Å²) in [5.41, 5.74) is 1.55. The Morgan fingerprint density at radius 2 is 2.00 bits per heavy atom. The Hall–Kier alpha value is -2.98. The third-order valence-corrected chi connectivity index (χ3v) is 6.62. The number of benzene rings is 2. The van der Waals surface area contributed by atoms with Gasteiger partial charge in [-0.2, -0.15) is 15.1 Å². The molecule has 2 aromatic rings. The zero-order valence-corrected chi connectivity index (χ0v) is 20.5. The van der Waals surface area contributed by atoms with Crippen LogP contribution in [0.4, 0.5) is 4.39 Å². The molecular formula is C23H20BrFN4O3S. The Labute approximate surface area is 203 Å². The first-order valence-corrected chi connectivity index (χ1v) is 11.6. The number of carbonyl (C=O) groups is 1. The molecule has 0 radical (unpaired) electrons. The summed E-state index contributed by atoms with van der Waals surface area (Å²) in [6, 6.07) is 9.51. The van der Waals surface area contributed by atoms with Gasteiger partial charge in [-0.3, -0.25) is 10.2 Å². The molecule has 0 saturated carbocycles. The van der Waals surface area contributed by atoms with E-state index in [1.807, 2.05) is 13.8 Å². The third-order valence-electron chi connectivity index (χ3n) is 4.82. The van der Waals surface area contributed by atoms with Gasteiger partial charge in [0.15, 0.2) is 17.3 Å². The summed E-state index contributed by atoms with van der Waals surface area (Å²) in [5.74, 6) is 0.241. The summed E-state index contributed by atoms with van der Waals surface area (Å²) >= 11 is 4.80. The van der Waals surface area contributed by atoms with Gasteiger partial charge in [-0.05, 0) is 69.2 Å². The second kappa shape index (κ2) is 9.48. The van der Waals surface area contributed by atoms with Crippen LogP contribution in [0.2, 0.25) is 0 Å². The molecule has 4 rings (SSSR count). The highest BCUT2D eigenvalue weighted by atomic mass is 79.9. The Morgan fingerprint density at radius 3 is 2.67 bits per heavy atom. The predicted molar refractivity (Wildman–Crippen MR) is 131 cm³/mol. The van der Waals surface area contributed by atoms with E-state index in [4.69, 9.17) is 14.9 Å². The number of halogens is 2. The lowest BCUT2D eigenvalue weighted by Gasteiger charge is -2.20. The molecule has 2 aliphatic rings. The van der Waals surface area contributed by atoms with Crippen LogP contribution < -0.4 is 9.47 Å². The van der Waals surface area contributed by atoms with Crippen molar-refractivity contribution in [2.75, 3.05) is 7.11 Å². The van der Waals surface area contributed by atoms with Crippen molar-refractivity contribution in [2.45, 2.75) is 20.5 Å². The first-order valence-electron chi connectivity index (χ1n) is 10.0. The zero-order valence-electron chi connectivity index (χ0n) is 18.1. The largest absolute Gasteiger partial charge is 0.493 e. The van der Waals surface area contributed by atoms with Crippen LogP contribution in [0, 0.1) is 17.1 Å². The first kappa shape index (κ1) is 23.2. The fourth-order valence-corrected chi connectivity index (χ4v) is 4.57. The van der Waals surface area contributed by atoms with Gasteiger partial charge in [-0.1, -0.05) is 26.0 Å². The van der Waals surface area contributed by atoms with Crippen LogP contribution in [0.1, 0.15) is 25.0 Å². The molecule has 0 aliphatic carbocycles. The summed E-state index contributed by atoms with van der Waals surface area (Å²) < 4.78 is 25.1. The summed E-state index contributed by atoms with van der Waals surface area (Å²) in [6.07, 6.45) is 1.58. The normalized spacial score (nSPS) is 16.8. The SMILES string of the molecule is COc1cc(C=C2C(=N)N3N=C(C(C)C)SC3=NC2=O)cc(Br)c1OCc1ccc(F)cc1. The second-order valence-corrected chi connectivity index (χ2v) is 9.40. The van der Waals surface area contributed by atoms with Gasteiger partial charge in [0.05, 0.1) is 17.2 Å². The minimum atomic E-state index is -0.495. The molecule has 2 aliphatic heterocycles. The van der Waals surface area contributed by atoms with Gasteiger partial charge in [0.25, 0.3) is 5.91 Å². The maximum absolute atomic E-state index is 13.1. The molecule has 0 saturated heterocycles. The minimum Gasteiger partial charge on any atom is -0.493 e. The maximum Gasteiger partial charge on any atom is 0.283 e. The van der Waals surface area contributed by atoms with E-state index in [9.17, 15) is 9.18 Å². The van der Waals surface area contributed by atoms with Crippen molar-refractivity contribution in [3.05, 3.63) is 63.4 Å². The molecule has 1 amide bonds. The molecule has 0 fully saturated rings. The van der Waals surface area contributed by atoms with Crippen molar-refractivity contribution in [1.82, 2.24) is 5.01 Å². The van der Waals surface area contributed by atoms with Crippen LogP contribution in [0.15, 0.2) is 56.5 Å². The molecule has 0 spiro atoms. The number of carbonyl (C=O) groups excluding carboxylic acids is 1. The molecule has 33 heavy (non-hydrogen) atoms. The molecule has 0 aromatic heterocycles. The summed E-state index contributed by atoms with van der Waals surface area (Å²) in [4.78, 5) is 16.7. The van der Waals surface area contributed by atoms with Gasteiger partial charge in [-0.15, -0.1) is 0 Å². The molecular weight excluding hydrogens is 511 g/mol. The molecule has 7 nitrogen and oxygen atoms in total. The average molecular weight is 531 g/mol. The molecule has 170 valence electrons. The van der Waals surface area contributed by atoms with Crippen molar-refractivity contribution in [1.29, 1.82) is 5.41 Å². The predicted octanol–water partition coefficient (Wildman–Crippen LogP) is 5.45. The molecule has 2 aromatic carbocycles. The Morgan fingerprint density at radius 1 is 1.27 bits per heavy atom. The monoisotopic (exact) mass is 530 g/mol. The van der Waals surface area contributed by atoms with Crippen molar-refractivity contribution < 1.29 is 18.7 Å². The smallest absolute Gasteiger partial charge is 0.283 e. The number of ether oxygens (including phenoxy) is 2. The van der Waals surface area contributed by atoms with Gasteiger partial charge in [0.2, 0.25) is 5.17 Å². The fraction of sp³-hybridized carbons (Fsp3) is 0.217. The zero-order chi connectivity index (χ0) is 23.7. The number of nitrogens with one attached hydrogen (secondary N) is 1. The lowest BCUT2D eigenvalue weighted by Crippen LogP contribution is -2.35. The second-order valence-electron chi connectivity index (χ2n) is 7.56. The van der Waals surface area contributed by atoms with E-state index in [1.165, 1.54) is 36.0 Å². The van der Waals surface area contributed by atoms with Crippen molar-refractivity contribution in [2.24, 2.45) is 16.0 Å². The van der Waals surface area contributed by atoms with Gasteiger partial charge < -0.3 is 9.47 Å². The third kappa shape index (κ3) is 4.86. The number of methoxy groups -OCH3 is 1. The minimum absolute atomic E-state index is 0.0279. The van der Waals surface area contributed by atoms with E-state index in [-0.39, 0.29) is 29.8 Å². The highest BCUT2D eigenvalue weighted by Crippen LogP contribution is 2.38. The number of hydrogen-bond donors (Lipinski definition) is 1. The molecule has 1 N–H and O–H groups in total. The summed E-state index contributed by atoms with van der Waals surface area (Å²) in [6.45, 7) is 4.21. The van der Waals surface area contributed by atoms with Gasteiger partial charge in [0, 0.05) is 5.92 Å². The quantitative estimate of drug-likeness (QED) is 0.501. The number of hydrazone groups is 1. The number of fused-ring (bicyclic) bond motifs is 1. The van der Waals surface area contributed by atoms with Crippen LogP contribution in [-0.4, -0.2) is 34.1 Å². The topological polar surface area (TPSA) is 87.3 Å². The van der Waals surface area contributed by atoms with Crippen LogP contribution >= 0.6 is 27.7 Å². The van der Waals surface area contributed by atoms with Crippen molar-refractivity contribution >= 4 is 55.7 Å². The summed E-state index contributed by atoms with van der Waals surface area (Å²) in [5, 5.41) is 15.5. The molecule has 0 bridgehead atoms. The summed E-state index contributed by atoms with van der Waals surface area (Å²) in [7, 11) is 1.51. The van der Waals surface area contributed by atoms with Crippen LogP contribution in [0.25, 0.3) is 6.08 Å². The Bertz CT molecular complexity index is 1220. The van der Waals surface area contributed by atoms with Crippen LogP contribution in [0.5, 0.6) is 11.5 Å². The van der Waals surface area contributed by atoms with E-state index in [0.29, 0.717) is 26.7 Å². The molecule has 0 unspecified atom stereocenters. The van der Waals surface area contributed by atoms with Crippen molar-refractivity contribution in [3.63, 3.8) is 0 Å². The standard InChI is InChI=1S/C23H20BrFN4O3S/c1-12(2)22-28-29-20(26)16(21(30)27-23(29)33-22)8-14-9-17(24)19(18(10-14)31-3)32-11-13-4-6-15(25)7-5-13/h4-10,12,26H,11H2,1-3H3. The van der Waals surface area contributed by atoms with E-state index in [1.54, 1.807) is 30.3 Å². The number of thioether (sulfide) groups is 1. The highest BCUT2D eigenvalue weighted by molar-refractivity contribution is 9.10. The average Bonchev–Trinajstić information content (AvgIpc) is 3.21. The number of amidine groups is 2. The maximum atomic E-state index is 13.1. The number of aliphatic imine (C=N–C) groups is 1. The van der Waals surface area contributed by atoms with E-state index in [2.05, 4.69) is 26.0 Å². The number of hydrogen-bond acceptors (Lipinski definition) is 6. The van der Waals surface area contributed by atoms with E-state index >= 15 is 0 Å². The Balaban J connectivity index is 1.60. The highest BCUT2D eigenvalue weighted by Gasteiger charge is 2.36. The lowest BCUT2D eigenvalue weighted by molar-refractivity contribution is -0.114. The number of amides is 1. The van der Waals surface area contributed by atoms with E-state index in [0.717, 1.165) is 10.6 Å². The van der Waals surface area contributed by atoms with Crippen LogP contribution in [-0.2, 0) is 11.4 Å². The number of rotatable bonds is 6. The van der Waals surface area contributed by atoms with Crippen LogP contribution in [0.3, 0.4) is 0 Å².